The Balaban J connectivity index is 1.94. The van der Waals surface area contributed by atoms with Crippen LogP contribution in [0.5, 0.6) is 0 Å². The van der Waals surface area contributed by atoms with Gasteiger partial charge < -0.3 is 4.57 Å². The highest BCUT2D eigenvalue weighted by atomic mass is 35.5. The number of rotatable bonds is 5. The molecular weight excluding hydrogens is 370 g/mol. The fourth-order valence-electron chi connectivity index (χ4n) is 1.87. The average Bonchev–Trinajstić information content (AvgIpc) is 2.94. The molecule has 0 spiro atoms. The molecule has 2 heterocycles. The van der Waals surface area contributed by atoms with E-state index in [0.717, 1.165) is 0 Å². The Bertz CT molecular complexity index is 975. The van der Waals surface area contributed by atoms with Crippen LogP contribution in [0, 0.1) is 0 Å². The standard InChI is InChI=1S/C14H12ClN5O2S2/c1-20-9-17-18-14(20)23-11-6-3-2-5-10(11)19-24(21,22)12-7-4-8-16-13(12)15/h2-9,19H,1H3. The van der Waals surface area contributed by atoms with Crippen LogP contribution in [0.25, 0.3) is 0 Å². The minimum atomic E-state index is -3.86. The molecule has 0 aliphatic carbocycles. The van der Waals surface area contributed by atoms with Crippen molar-refractivity contribution in [3.8, 4) is 0 Å². The lowest BCUT2D eigenvalue weighted by molar-refractivity contribution is 0.601. The normalized spacial score (nSPS) is 11.4. The van der Waals surface area contributed by atoms with E-state index in [4.69, 9.17) is 11.6 Å². The van der Waals surface area contributed by atoms with E-state index >= 15 is 0 Å². The summed E-state index contributed by atoms with van der Waals surface area (Å²) in [6.07, 6.45) is 3.00. The zero-order chi connectivity index (χ0) is 17.2. The van der Waals surface area contributed by atoms with Gasteiger partial charge in [0.1, 0.15) is 16.4 Å². The molecule has 0 saturated heterocycles. The number of aryl methyl sites for hydroxylation is 1. The lowest BCUT2D eigenvalue weighted by atomic mass is 10.3. The Morgan fingerprint density at radius 1 is 1.21 bits per heavy atom. The van der Waals surface area contributed by atoms with Crippen LogP contribution in [0.1, 0.15) is 0 Å². The second kappa shape index (κ2) is 6.80. The zero-order valence-electron chi connectivity index (χ0n) is 12.4. The highest BCUT2D eigenvalue weighted by Gasteiger charge is 2.20. The smallest absolute Gasteiger partial charge is 0.265 e. The summed E-state index contributed by atoms with van der Waals surface area (Å²) in [6, 6.07) is 9.93. The number of pyridine rings is 1. The number of aromatic nitrogens is 4. The summed E-state index contributed by atoms with van der Waals surface area (Å²) < 4.78 is 29.4. The minimum Gasteiger partial charge on any atom is -0.311 e. The van der Waals surface area contributed by atoms with Crippen molar-refractivity contribution in [3.05, 3.63) is 54.1 Å². The van der Waals surface area contributed by atoms with Crippen molar-refractivity contribution < 1.29 is 8.42 Å². The van der Waals surface area contributed by atoms with Gasteiger partial charge in [0, 0.05) is 18.1 Å². The Morgan fingerprint density at radius 2 is 2.00 bits per heavy atom. The third-order valence-corrected chi connectivity index (χ3v) is 5.96. The first-order valence-corrected chi connectivity index (χ1v) is 9.39. The molecule has 124 valence electrons. The fraction of sp³-hybridized carbons (Fsp3) is 0.0714. The van der Waals surface area contributed by atoms with Crippen molar-refractivity contribution in [2.75, 3.05) is 4.72 Å². The van der Waals surface area contributed by atoms with Gasteiger partial charge in [-0.3, -0.25) is 4.72 Å². The van der Waals surface area contributed by atoms with Gasteiger partial charge in [-0.25, -0.2) is 13.4 Å². The SMILES string of the molecule is Cn1cnnc1Sc1ccccc1NS(=O)(=O)c1cccnc1Cl. The summed E-state index contributed by atoms with van der Waals surface area (Å²) in [7, 11) is -2.05. The first-order chi connectivity index (χ1) is 11.5. The van der Waals surface area contributed by atoms with E-state index in [1.807, 2.05) is 13.1 Å². The highest BCUT2D eigenvalue weighted by molar-refractivity contribution is 7.99. The number of para-hydroxylation sites is 1. The van der Waals surface area contributed by atoms with Crippen LogP contribution in [0.2, 0.25) is 5.15 Å². The molecule has 0 unspecified atom stereocenters. The quantitative estimate of drug-likeness (QED) is 0.683. The second-order valence-electron chi connectivity index (χ2n) is 4.72. The number of hydrogen-bond acceptors (Lipinski definition) is 6. The van der Waals surface area contributed by atoms with Crippen LogP contribution < -0.4 is 4.72 Å². The molecule has 0 saturated carbocycles. The molecule has 24 heavy (non-hydrogen) atoms. The third-order valence-electron chi connectivity index (χ3n) is 3.02. The Morgan fingerprint density at radius 3 is 2.71 bits per heavy atom. The number of sulfonamides is 1. The van der Waals surface area contributed by atoms with Gasteiger partial charge in [-0.05, 0) is 36.0 Å². The molecule has 3 aromatic rings. The lowest BCUT2D eigenvalue weighted by Gasteiger charge is -2.12. The van der Waals surface area contributed by atoms with E-state index in [-0.39, 0.29) is 10.0 Å². The number of anilines is 1. The maximum atomic E-state index is 12.6. The Hall–Kier alpha value is -2.10. The van der Waals surface area contributed by atoms with Gasteiger partial charge in [0.2, 0.25) is 0 Å². The van der Waals surface area contributed by atoms with Gasteiger partial charge in [0.25, 0.3) is 10.0 Å². The highest BCUT2D eigenvalue weighted by Crippen LogP contribution is 2.33. The van der Waals surface area contributed by atoms with E-state index in [1.165, 1.54) is 30.1 Å². The molecule has 0 aliphatic heterocycles. The molecule has 3 rings (SSSR count). The topological polar surface area (TPSA) is 89.8 Å². The molecule has 1 N–H and O–H groups in total. The number of benzene rings is 1. The van der Waals surface area contributed by atoms with Crippen molar-refractivity contribution in [3.63, 3.8) is 0 Å². The molecule has 0 fully saturated rings. The predicted molar refractivity (Wildman–Crippen MR) is 91.6 cm³/mol. The monoisotopic (exact) mass is 381 g/mol. The molecule has 2 aromatic heterocycles. The second-order valence-corrected chi connectivity index (χ2v) is 7.74. The number of hydrogen-bond donors (Lipinski definition) is 1. The average molecular weight is 382 g/mol. The summed E-state index contributed by atoms with van der Waals surface area (Å²) in [5.74, 6) is 0. The van der Waals surface area contributed by atoms with Gasteiger partial charge in [-0.1, -0.05) is 23.7 Å². The van der Waals surface area contributed by atoms with Gasteiger partial charge in [0.15, 0.2) is 5.16 Å². The van der Waals surface area contributed by atoms with Gasteiger partial charge in [-0.2, -0.15) is 0 Å². The van der Waals surface area contributed by atoms with Crippen molar-refractivity contribution in [1.29, 1.82) is 0 Å². The van der Waals surface area contributed by atoms with Crippen LogP contribution >= 0.6 is 23.4 Å². The third kappa shape index (κ3) is 3.53. The molecule has 0 bridgehead atoms. The molecule has 0 radical (unpaired) electrons. The molecule has 0 amide bonds. The van der Waals surface area contributed by atoms with Gasteiger partial charge >= 0.3 is 0 Å². The van der Waals surface area contributed by atoms with Gasteiger partial charge in [-0.15, -0.1) is 10.2 Å². The molecule has 10 heteroatoms. The number of halogens is 1. The molecular formula is C14H12ClN5O2S2. The van der Waals surface area contributed by atoms with E-state index in [0.29, 0.717) is 15.7 Å². The van der Waals surface area contributed by atoms with Crippen LogP contribution in [-0.4, -0.2) is 28.2 Å². The fourth-order valence-corrected chi connectivity index (χ4v) is 4.32. The van der Waals surface area contributed by atoms with E-state index < -0.39 is 10.0 Å². The van der Waals surface area contributed by atoms with Crippen molar-refractivity contribution in [1.82, 2.24) is 19.7 Å². The first kappa shape index (κ1) is 16.7. The van der Waals surface area contributed by atoms with E-state index in [9.17, 15) is 8.42 Å². The minimum absolute atomic E-state index is 0.0786. The zero-order valence-corrected chi connectivity index (χ0v) is 14.8. The maximum absolute atomic E-state index is 12.6. The summed E-state index contributed by atoms with van der Waals surface area (Å²) in [5.41, 5.74) is 0.422. The summed E-state index contributed by atoms with van der Waals surface area (Å²) >= 11 is 7.19. The number of nitrogens with zero attached hydrogens (tertiary/aromatic N) is 4. The predicted octanol–water partition coefficient (Wildman–Crippen LogP) is 2.82. The molecule has 1 aromatic carbocycles. The maximum Gasteiger partial charge on any atom is 0.265 e. The van der Waals surface area contributed by atoms with Gasteiger partial charge in [0.05, 0.1) is 5.69 Å². The van der Waals surface area contributed by atoms with E-state index in [1.54, 1.807) is 29.1 Å². The Kier molecular flexibility index (Phi) is 4.74. The van der Waals surface area contributed by atoms with Crippen LogP contribution in [-0.2, 0) is 17.1 Å². The van der Waals surface area contributed by atoms with Crippen molar-refractivity contribution in [2.24, 2.45) is 7.05 Å². The molecule has 7 nitrogen and oxygen atoms in total. The van der Waals surface area contributed by atoms with E-state index in [2.05, 4.69) is 19.9 Å². The summed E-state index contributed by atoms with van der Waals surface area (Å²) in [5, 5.41) is 8.36. The molecule has 0 atom stereocenters. The van der Waals surface area contributed by atoms with Crippen molar-refractivity contribution >= 4 is 39.1 Å². The van der Waals surface area contributed by atoms with Crippen LogP contribution in [0.15, 0.2) is 63.9 Å². The summed E-state index contributed by atoms with van der Waals surface area (Å²) in [6.45, 7) is 0. The molecule has 0 aliphatic rings. The number of nitrogens with one attached hydrogen (secondary N) is 1. The van der Waals surface area contributed by atoms with Crippen molar-refractivity contribution in [2.45, 2.75) is 14.9 Å². The Labute approximate surface area is 148 Å². The summed E-state index contributed by atoms with van der Waals surface area (Å²) in [4.78, 5) is 4.41. The van der Waals surface area contributed by atoms with Crippen LogP contribution in [0.4, 0.5) is 5.69 Å². The first-order valence-electron chi connectivity index (χ1n) is 6.71. The largest absolute Gasteiger partial charge is 0.311 e. The lowest BCUT2D eigenvalue weighted by Crippen LogP contribution is -2.14. The van der Waals surface area contributed by atoms with Crippen LogP contribution in [0.3, 0.4) is 0 Å².